The SMILES string of the molecule is CC(C)c1ccc(C(=O)CSc2ccc(S(=O)(=O)N3CCCC3)cn2)cc1. The molecule has 1 aromatic heterocycles. The van der Waals surface area contributed by atoms with Gasteiger partial charge in [-0.1, -0.05) is 49.9 Å². The van der Waals surface area contributed by atoms with Crippen molar-refractivity contribution in [1.82, 2.24) is 9.29 Å². The van der Waals surface area contributed by atoms with Crippen LogP contribution < -0.4 is 0 Å². The van der Waals surface area contributed by atoms with Crippen LogP contribution in [0.3, 0.4) is 0 Å². The summed E-state index contributed by atoms with van der Waals surface area (Å²) in [6.07, 6.45) is 3.19. The molecular formula is C20H24N2O3S2. The molecule has 0 unspecified atom stereocenters. The van der Waals surface area contributed by atoms with E-state index in [9.17, 15) is 13.2 Å². The highest BCUT2D eigenvalue weighted by Gasteiger charge is 2.27. The highest BCUT2D eigenvalue weighted by atomic mass is 32.2. The van der Waals surface area contributed by atoms with Crippen molar-refractivity contribution in [2.75, 3.05) is 18.8 Å². The topological polar surface area (TPSA) is 67.3 Å². The second-order valence-electron chi connectivity index (χ2n) is 6.93. The number of carbonyl (C=O) groups excluding carboxylic acids is 1. The maximum absolute atomic E-state index is 12.5. The van der Waals surface area contributed by atoms with Gasteiger partial charge in [-0.2, -0.15) is 4.31 Å². The number of aromatic nitrogens is 1. The lowest BCUT2D eigenvalue weighted by molar-refractivity contribution is 0.102. The van der Waals surface area contributed by atoms with Crippen LogP contribution in [0.2, 0.25) is 0 Å². The second kappa shape index (κ2) is 8.54. The summed E-state index contributed by atoms with van der Waals surface area (Å²) < 4.78 is 26.5. The first-order chi connectivity index (χ1) is 12.9. The molecule has 2 aromatic rings. The standard InChI is InChI=1S/C20H24N2O3S2/c1-15(2)16-5-7-17(8-6-16)19(23)14-26-20-10-9-18(13-21-20)27(24,25)22-11-3-4-12-22/h5-10,13,15H,3-4,11-12,14H2,1-2H3. The Kier molecular flexibility index (Phi) is 6.34. The molecule has 0 amide bonds. The highest BCUT2D eigenvalue weighted by molar-refractivity contribution is 7.99. The smallest absolute Gasteiger partial charge is 0.244 e. The fourth-order valence-electron chi connectivity index (χ4n) is 2.96. The van der Waals surface area contributed by atoms with E-state index in [0.29, 0.717) is 29.6 Å². The molecule has 1 aliphatic rings. The summed E-state index contributed by atoms with van der Waals surface area (Å²) in [5, 5.41) is 0.641. The zero-order valence-electron chi connectivity index (χ0n) is 15.6. The molecule has 0 N–H and O–H groups in total. The molecule has 3 rings (SSSR count). The van der Waals surface area contributed by atoms with Crippen LogP contribution in [0.1, 0.15) is 48.5 Å². The van der Waals surface area contributed by atoms with E-state index in [-0.39, 0.29) is 16.4 Å². The minimum absolute atomic E-state index is 0.0332. The summed E-state index contributed by atoms with van der Waals surface area (Å²) in [5.74, 6) is 0.737. The first kappa shape index (κ1) is 20.0. The van der Waals surface area contributed by atoms with Crippen LogP contribution in [-0.4, -0.2) is 42.3 Å². The largest absolute Gasteiger partial charge is 0.293 e. The fraction of sp³-hybridized carbons (Fsp3) is 0.400. The lowest BCUT2D eigenvalue weighted by atomic mass is 10.0. The Balaban J connectivity index is 1.60. The van der Waals surface area contributed by atoms with Crippen molar-refractivity contribution >= 4 is 27.6 Å². The van der Waals surface area contributed by atoms with Gasteiger partial charge in [0.2, 0.25) is 10.0 Å². The van der Waals surface area contributed by atoms with E-state index >= 15 is 0 Å². The number of hydrogen-bond donors (Lipinski definition) is 0. The van der Waals surface area contributed by atoms with E-state index in [1.54, 1.807) is 12.1 Å². The van der Waals surface area contributed by atoms with E-state index in [4.69, 9.17) is 0 Å². The number of carbonyl (C=O) groups is 1. The molecule has 0 bridgehead atoms. The van der Waals surface area contributed by atoms with Crippen LogP contribution in [0.25, 0.3) is 0 Å². The van der Waals surface area contributed by atoms with Gasteiger partial charge in [0.1, 0.15) is 4.90 Å². The normalized spacial score (nSPS) is 15.4. The van der Waals surface area contributed by atoms with Gasteiger partial charge in [0.15, 0.2) is 5.78 Å². The van der Waals surface area contributed by atoms with Crippen LogP contribution in [0.15, 0.2) is 52.5 Å². The van der Waals surface area contributed by atoms with Crippen molar-refractivity contribution in [3.8, 4) is 0 Å². The summed E-state index contributed by atoms with van der Waals surface area (Å²) in [7, 11) is -3.45. The number of hydrogen-bond acceptors (Lipinski definition) is 5. The fourth-order valence-corrected chi connectivity index (χ4v) is 5.16. The van der Waals surface area contributed by atoms with Crippen LogP contribution in [-0.2, 0) is 10.0 Å². The van der Waals surface area contributed by atoms with Crippen molar-refractivity contribution in [3.63, 3.8) is 0 Å². The van der Waals surface area contributed by atoms with E-state index in [1.165, 1.54) is 27.8 Å². The zero-order chi connectivity index (χ0) is 19.4. The third kappa shape index (κ3) is 4.78. The molecule has 0 saturated carbocycles. The molecule has 7 heteroatoms. The minimum Gasteiger partial charge on any atom is -0.293 e. The maximum Gasteiger partial charge on any atom is 0.244 e. The van der Waals surface area contributed by atoms with Gasteiger partial charge in [0.05, 0.1) is 10.8 Å². The van der Waals surface area contributed by atoms with Crippen LogP contribution in [0.5, 0.6) is 0 Å². The molecule has 1 aromatic carbocycles. The highest BCUT2D eigenvalue weighted by Crippen LogP contribution is 2.23. The molecule has 0 aliphatic carbocycles. The number of ketones is 1. The molecule has 27 heavy (non-hydrogen) atoms. The van der Waals surface area contributed by atoms with Crippen molar-refractivity contribution < 1.29 is 13.2 Å². The van der Waals surface area contributed by atoms with Gasteiger partial charge in [0, 0.05) is 24.8 Å². The summed E-state index contributed by atoms with van der Waals surface area (Å²) in [6.45, 7) is 5.38. The predicted octanol–water partition coefficient (Wildman–Crippen LogP) is 3.96. The predicted molar refractivity (Wildman–Crippen MR) is 108 cm³/mol. The van der Waals surface area contributed by atoms with Gasteiger partial charge < -0.3 is 0 Å². The Morgan fingerprint density at radius 2 is 1.78 bits per heavy atom. The van der Waals surface area contributed by atoms with Crippen LogP contribution in [0, 0.1) is 0 Å². The average Bonchev–Trinajstić information content (AvgIpc) is 3.22. The van der Waals surface area contributed by atoms with Gasteiger partial charge >= 0.3 is 0 Å². The van der Waals surface area contributed by atoms with Gasteiger partial charge in [-0.3, -0.25) is 4.79 Å². The van der Waals surface area contributed by atoms with Crippen LogP contribution in [0.4, 0.5) is 0 Å². The summed E-state index contributed by atoms with van der Waals surface area (Å²) in [5.41, 5.74) is 1.89. The molecule has 1 saturated heterocycles. The van der Waals surface area contributed by atoms with Crippen molar-refractivity contribution in [2.24, 2.45) is 0 Å². The Hall–Kier alpha value is -1.70. The van der Waals surface area contributed by atoms with Crippen molar-refractivity contribution in [2.45, 2.75) is 42.5 Å². The summed E-state index contributed by atoms with van der Waals surface area (Å²) >= 11 is 1.32. The lowest BCUT2D eigenvalue weighted by Gasteiger charge is -2.15. The number of Topliss-reactive ketones (excluding diaryl/α,β-unsaturated/α-hetero) is 1. The Morgan fingerprint density at radius 3 is 2.33 bits per heavy atom. The van der Waals surface area contributed by atoms with Crippen LogP contribution >= 0.6 is 11.8 Å². The Labute approximate surface area is 165 Å². The molecule has 1 aliphatic heterocycles. The lowest BCUT2D eigenvalue weighted by Crippen LogP contribution is -2.27. The Morgan fingerprint density at radius 1 is 1.11 bits per heavy atom. The molecule has 1 fully saturated rings. The molecular weight excluding hydrogens is 380 g/mol. The molecule has 0 radical (unpaired) electrons. The quantitative estimate of drug-likeness (QED) is 0.516. The van der Waals surface area contributed by atoms with Gasteiger partial charge in [-0.05, 0) is 36.5 Å². The number of thioether (sulfide) groups is 1. The van der Waals surface area contributed by atoms with Gasteiger partial charge in [-0.25, -0.2) is 13.4 Å². The molecule has 144 valence electrons. The van der Waals surface area contributed by atoms with Gasteiger partial charge in [-0.15, -0.1) is 0 Å². The number of pyridine rings is 1. The first-order valence-corrected chi connectivity index (χ1v) is 11.5. The molecule has 5 nitrogen and oxygen atoms in total. The van der Waals surface area contributed by atoms with E-state index in [1.807, 2.05) is 24.3 Å². The third-order valence-electron chi connectivity index (χ3n) is 4.66. The monoisotopic (exact) mass is 404 g/mol. The third-order valence-corrected chi connectivity index (χ3v) is 7.49. The van der Waals surface area contributed by atoms with E-state index < -0.39 is 10.0 Å². The Bertz CT molecular complexity index is 886. The summed E-state index contributed by atoms with van der Waals surface area (Å²) in [6, 6.07) is 10.9. The number of rotatable bonds is 7. The molecule has 2 heterocycles. The minimum atomic E-state index is -3.45. The summed E-state index contributed by atoms with van der Waals surface area (Å²) in [4.78, 5) is 16.8. The average molecular weight is 405 g/mol. The van der Waals surface area contributed by atoms with Crippen molar-refractivity contribution in [3.05, 3.63) is 53.7 Å². The molecule has 0 atom stereocenters. The van der Waals surface area contributed by atoms with Gasteiger partial charge in [0.25, 0.3) is 0 Å². The van der Waals surface area contributed by atoms with Crippen molar-refractivity contribution in [1.29, 1.82) is 0 Å². The zero-order valence-corrected chi connectivity index (χ0v) is 17.2. The number of sulfonamides is 1. The number of benzene rings is 1. The number of nitrogens with zero attached hydrogens (tertiary/aromatic N) is 2. The maximum atomic E-state index is 12.5. The molecule has 0 spiro atoms. The van der Waals surface area contributed by atoms with E-state index in [0.717, 1.165) is 12.8 Å². The second-order valence-corrected chi connectivity index (χ2v) is 9.87. The van der Waals surface area contributed by atoms with E-state index in [2.05, 4.69) is 18.8 Å². The first-order valence-electron chi connectivity index (χ1n) is 9.10.